The predicted octanol–water partition coefficient (Wildman–Crippen LogP) is 2.85. The lowest BCUT2D eigenvalue weighted by molar-refractivity contribution is 0.386. The summed E-state index contributed by atoms with van der Waals surface area (Å²) < 4.78 is 10.6. The lowest BCUT2D eigenvalue weighted by Crippen LogP contribution is -1.86. The molecule has 0 fully saturated rings. The summed E-state index contributed by atoms with van der Waals surface area (Å²) in [5, 5.41) is 0. The first-order valence-electron chi connectivity index (χ1n) is 5.83. The molecule has 2 N–H and O–H groups in total. The van der Waals surface area contributed by atoms with Gasteiger partial charge in [-0.15, -0.1) is 0 Å². The van der Waals surface area contributed by atoms with Crippen molar-refractivity contribution in [3.05, 3.63) is 66.3 Å². The van der Waals surface area contributed by atoms with Crippen LogP contribution in [-0.4, -0.2) is 19.8 Å². The second-order valence-electron chi connectivity index (χ2n) is 3.98. The van der Waals surface area contributed by atoms with E-state index in [-0.39, 0.29) is 0 Å². The van der Waals surface area contributed by atoms with Gasteiger partial charge in [-0.1, -0.05) is 24.3 Å². The molecule has 2 aromatic rings. The van der Waals surface area contributed by atoms with Crippen LogP contribution in [0.2, 0.25) is 0 Å². The topological polar surface area (TPSA) is 83.3 Å². The molecule has 0 amide bonds. The van der Waals surface area contributed by atoms with Gasteiger partial charge in [-0.25, -0.2) is 0 Å². The van der Waals surface area contributed by atoms with Gasteiger partial charge in [0.15, 0.2) is 0 Å². The van der Waals surface area contributed by atoms with Gasteiger partial charge in [-0.05, 0) is 29.8 Å². The van der Waals surface area contributed by atoms with Gasteiger partial charge in [0.05, 0.1) is 11.4 Å². The third-order valence-corrected chi connectivity index (χ3v) is 2.95. The van der Waals surface area contributed by atoms with Gasteiger partial charge in [0.1, 0.15) is 0 Å². The fourth-order valence-electron chi connectivity index (χ4n) is 1.53. The number of hydrogen-bond donors (Lipinski definition) is 2. The van der Waals surface area contributed by atoms with Crippen LogP contribution in [0, 0.1) is 0 Å². The zero-order valence-corrected chi connectivity index (χ0v) is 11.4. The molecule has 5 nitrogen and oxygen atoms in total. The number of rotatable bonds is 4. The molecule has 2 heterocycles. The maximum atomic E-state index is 10.6. The summed E-state index contributed by atoms with van der Waals surface area (Å²) in [5.41, 5.74) is 2.39. The van der Waals surface area contributed by atoms with Gasteiger partial charge in [-0.3, -0.25) is 14.5 Å². The normalized spacial score (nSPS) is 12.3. The van der Waals surface area contributed by atoms with Crippen LogP contribution >= 0.6 is 7.60 Å². The molecule has 0 aliphatic rings. The Morgan fingerprint density at radius 2 is 1.80 bits per heavy atom. The number of aromatic nitrogens is 2. The van der Waals surface area contributed by atoms with Crippen molar-refractivity contribution in [1.82, 2.24) is 9.97 Å². The maximum absolute atomic E-state index is 10.6. The van der Waals surface area contributed by atoms with Gasteiger partial charge in [0.2, 0.25) is 0 Å². The van der Waals surface area contributed by atoms with E-state index in [1.54, 1.807) is 30.6 Å². The SMILES string of the molecule is O=P(O)(O)/C=C/C=C/c1ccnc(-c2ccccn2)c1. The Morgan fingerprint density at radius 3 is 2.50 bits per heavy atom. The number of hydrogen-bond acceptors (Lipinski definition) is 3. The van der Waals surface area contributed by atoms with Crippen molar-refractivity contribution in [3.63, 3.8) is 0 Å². The van der Waals surface area contributed by atoms with E-state index in [4.69, 9.17) is 9.79 Å². The van der Waals surface area contributed by atoms with Gasteiger partial charge < -0.3 is 9.79 Å². The summed E-state index contributed by atoms with van der Waals surface area (Å²) in [6, 6.07) is 9.23. The number of nitrogens with zero attached hydrogens (tertiary/aromatic N) is 2. The lowest BCUT2D eigenvalue weighted by atomic mass is 10.1. The van der Waals surface area contributed by atoms with E-state index in [1.165, 1.54) is 6.08 Å². The summed E-state index contributed by atoms with van der Waals surface area (Å²) in [4.78, 5) is 25.8. The van der Waals surface area contributed by atoms with Crippen molar-refractivity contribution in [2.45, 2.75) is 0 Å². The van der Waals surface area contributed by atoms with Crippen LogP contribution in [0.3, 0.4) is 0 Å². The van der Waals surface area contributed by atoms with Gasteiger partial charge in [0.25, 0.3) is 0 Å². The largest absolute Gasteiger partial charge is 0.349 e. The van der Waals surface area contributed by atoms with Crippen LogP contribution in [0.5, 0.6) is 0 Å². The Hall–Kier alpha value is -2.07. The van der Waals surface area contributed by atoms with E-state index in [0.29, 0.717) is 0 Å². The Labute approximate surface area is 116 Å². The van der Waals surface area contributed by atoms with Crippen LogP contribution in [0.25, 0.3) is 17.5 Å². The molecular formula is C14H13N2O3P. The first-order valence-corrected chi connectivity index (χ1v) is 7.51. The Balaban J connectivity index is 2.17. The molecule has 2 aromatic heterocycles. The highest BCUT2D eigenvalue weighted by Gasteiger charge is 2.03. The second kappa shape index (κ2) is 6.39. The van der Waals surface area contributed by atoms with Crippen molar-refractivity contribution < 1.29 is 14.4 Å². The molecule has 2 rings (SSSR count). The summed E-state index contributed by atoms with van der Waals surface area (Å²) in [7, 11) is -4.10. The van der Waals surface area contributed by atoms with Crippen molar-refractivity contribution in [2.75, 3.05) is 0 Å². The van der Waals surface area contributed by atoms with Crippen LogP contribution in [0.1, 0.15) is 5.56 Å². The molecule has 0 spiro atoms. The average molecular weight is 288 g/mol. The highest BCUT2D eigenvalue weighted by atomic mass is 31.2. The fraction of sp³-hybridized carbons (Fsp3) is 0. The maximum Gasteiger partial charge on any atom is 0.349 e. The summed E-state index contributed by atoms with van der Waals surface area (Å²) in [6.45, 7) is 0. The molecule has 0 saturated carbocycles. The van der Waals surface area contributed by atoms with E-state index >= 15 is 0 Å². The van der Waals surface area contributed by atoms with Gasteiger partial charge >= 0.3 is 7.60 Å². The first-order chi connectivity index (χ1) is 9.54. The Bertz CT molecular complexity index is 678. The third-order valence-electron chi connectivity index (χ3n) is 2.39. The molecule has 0 aromatic carbocycles. The summed E-state index contributed by atoms with van der Waals surface area (Å²) in [5.74, 6) is 0.852. The monoisotopic (exact) mass is 288 g/mol. The highest BCUT2D eigenvalue weighted by Crippen LogP contribution is 2.35. The Morgan fingerprint density at radius 1 is 1.00 bits per heavy atom. The minimum Gasteiger partial charge on any atom is -0.321 e. The zero-order chi connectivity index (χ0) is 14.4. The zero-order valence-electron chi connectivity index (χ0n) is 10.5. The fourth-order valence-corrected chi connectivity index (χ4v) is 1.86. The van der Waals surface area contributed by atoms with Gasteiger partial charge in [0, 0.05) is 18.2 Å². The van der Waals surface area contributed by atoms with E-state index in [9.17, 15) is 4.57 Å². The standard InChI is InChI=1S/C14H13N2O3P/c17-20(18,19)10-4-2-5-12-7-9-16-14(11-12)13-6-1-3-8-15-13/h1-11H,(H2,17,18,19)/b5-2+,10-4+. The van der Waals surface area contributed by atoms with Crippen molar-refractivity contribution in [3.8, 4) is 11.4 Å². The molecule has 0 radical (unpaired) electrons. The third kappa shape index (κ3) is 4.55. The Kier molecular flexibility index (Phi) is 4.58. The number of allylic oxidation sites excluding steroid dienone is 2. The van der Waals surface area contributed by atoms with Crippen LogP contribution in [0.15, 0.2) is 60.7 Å². The van der Waals surface area contributed by atoms with Crippen molar-refractivity contribution in [2.24, 2.45) is 0 Å². The molecular weight excluding hydrogens is 275 g/mol. The van der Waals surface area contributed by atoms with E-state index in [0.717, 1.165) is 22.8 Å². The predicted molar refractivity (Wildman–Crippen MR) is 77.7 cm³/mol. The molecule has 0 aliphatic heterocycles. The highest BCUT2D eigenvalue weighted by molar-refractivity contribution is 7.55. The molecule has 0 aliphatic carbocycles. The molecule has 20 heavy (non-hydrogen) atoms. The molecule has 6 heteroatoms. The van der Waals surface area contributed by atoms with Crippen molar-refractivity contribution >= 4 is 13.7 Å². The van der Waals surface area contributed by atoms with Crippen LogP contribution in [0.4, 0.5) is 0 Å². The van der Waals surface area contributed by atoms with E-state index in [2.05, 4.69) is 9.97 Å². The minimum absolute atomic E-state index is 0.742. The van der Waals surface area contributed by atoms with E-state index < -0.39 is 7.60 Å². The molecule has 0 atom stereocenters. The van der Waals surface area contributed by atoms with Crippen molar-refractivity contribution in [1.29, 1.82) is 0 Å². The second-order valence-corrected chi connectivity index (χ2v) is 5.46. The summed E-state index contributed by atoms with van der Waals surface area (Å²) in [6.07, 6.45) is 7.98. The molecule has 0 unspecified atom stereocenters. The quantitative estimate of drug-likeness (QED) is 0.667. The first kappa shape index (κ1) is 14.3. The smallest absolute Gasteiger partial charge is 0.321 e. The molecule has 102 valence electrons. The minimum atomic E-state index is -4.10. The average Bonchev–Trinajstić information content (AvgIpc) is 2.44. The van der Waals surface area contributed by atoms with E-state index in [1.807, 2.05) is 24.3 Å². The van der Waals surface area contributed by atoms with Gasteiger partial charge in [-0.2, -0.15) is 0 Å². The molecule has 0 bridgehead atoms. The van der Waals surface area contributed by atoms with Crippen LogP contribution < -0.4 is 0 Å². The number of pyridine rings is 2. The summed E-state index contributed by atoms with van der Waals surface area (Å²) >= 11 is 0. The lowest BCUT2D eigenvalue weighted by Gasteiger charge is -2.00. The van der Waals surface area contributed by atoms with Crippen LogP contribution in [-0.2, 0) is 4.57 Å². The molecule has 0 saturated heterocycles.